The molecule has 1 fully saturated rings. The number of piperidine rings is 1. The molecule has 1 aliphatic heterocycles. The number of benzene rings is 1. The lowest BCUT2D eigenvalue weighted by atomic mass is 9.91. The van der Waals surface area contributed by atoms with Crippen molar-refractivity contribution >= 4 is 17.6 Å². The summed E-state index contributed by atoms with van der Waals surface area (Å²) in [7, 11) is 0. The van der Waals surface area contributed by atoms with E-state index >= 15 is 0 Å². The third-order valence-electron chi connectivity index (χ3n) is 3.93. The second kappa shape index (κ2) is 5.53. The third kappa shape index (κ3) is 2.76. The molecule has 1 heterocycles. The van der Waals surface area contributed by atoms with E-state index in [1.54, 1.807) is 17.0 Å². The van der Waals surface area contributed by atoms with E-state index < -0.39 is 5.97 Å². The summed E-state index contributed by atoms with van der Waals surface area (Å²) in [6.07, 6.45) is 0.990. The summed E-state index contributed by atoms with van der Waals surface area (Å²) in [4.78, 5) is 25.3. The predicted octanol–water partition coefficient (Wildman–Crippen LogP) is 1.90. The zero-order valence-electron chi connectivity index (χ0n) is 11.8. The van der Waals surface area contributed by atoms with Gasteiger partial charge in [-0.05, 0) is 38.8 Å². The molecule has 1 saturated heterocycles. The Bertz CT molecular complexity index is 542. The van der Waals surface area contributed by atoms with Crippen molar-refractivity contribution in [2.24, 2.45) is 5.92 Å². The van der Waals surface area contributed by atoms with Crippen molar-refractivity contribution in [2.75, 3.05) is 12.3 Å². The minimum Gasteiger partial charge on any atom is -0.481 e. The van der Waals surface area contributed by atoms with Gasteiger partial charge < -0.3 is 15.7 Å². The number of likely N-dealkylation sites (tertiary alicyclic amines) is 1. The number of carboxylic acids is 1. The lowest BCUT2D eigenvalue weighted by molar-refractivity contribution is -0.143. The Morgan fingerprint density at radius 3 is 2.70 bits per heavy atom. The van der Waals surface area contributed by atoms with Crippen LogP contribution < -0.4 is 5.73 Å². The Balaban J connectivity index is 2.18. The SMILES string of the molecule is Cc1ccc(N)c(C(=O)N2CCC(C(=O)O)CC2C)c1. The molecule has 5 nitrogen and oxygen atoms in total. The Morgan fingerprint density at radius 2 is 2.10 bits per heavy atom. The number of nitrogens with zero attached hydrogens (tertiary/aromatic N) is 1. The van der Waals surface area contributed by atoms with Crippen molar-refractivity contribution in [3.05, 3.63) is 29.3 Å². The maximum Gasteiger partial charge on any atom is 0.306 e. The molecule has 2 unspecified atom stereocenters. The Kier molecular flexibility index (Phi) is 3.97. The van der Waals surface area contributed by atoms with Crippen molar-refractivity contribution < 1.29 is 14.7 Å². The zero-order chi connectivity index (χ0) is 14.9. The van der Waals surface area contributed by atoms with Crippen molar-refractivity contribution in [1.82, 2.24) is 4.90 Å². The first-order valence-electron chi connectivity index (χ1n) is 6.80. The average molecular weight is 276 g/mol. The van der Waals surface area contributed by atoms with E-state index in [0.717, 1.165) is 5.56 Å². The maximum atomic E-state index is 12.6. The quantitative estimate of drug-likeness (QED) is 0.808. The number of nitrogens with two attached hydrogens (primary N) is 1. The van der Waals surface area contributed by atoms with Gasteiger partial charge in [-0.2, -0.15) is 0 Å². The van der Waals surface area contributed by atoms with Crippen molar-refractivity contribution in [3.8, 4) is 0 Å². The number of hydrogen-bond donors (Lipinski definition) is 2. The number of nitrogen functional groups attached to an aromatic ring is 1. The highest BCUT2D eigenvalue weighted by molar-refractivity contribution is 5.99. The molecule has 2 atom stereocenters. The number of hydrogen-bond acceptors (Lipinski definition) is 3. The first-order chi connectivity index (χ1) is 9.40. The molecule has 1 aliphatic rings. The van der Waals surface area contributed by atoms with Gasteiger partial charge in [0, 0.05) is 18.3 Å². The molecule has 0 aliphatic carbocycles. The summed E-state index contributed by atoms with van der Waals surface area (Å²) in [5, 5.41) is 9.05. The van der Waals surface area contributed by atoms with E-state index in [-0.39, 0.29) is 17.9 Å². The van der Waals surface area contributed by atoms with Gasteiger partial charge in [-0.3, -0.25) is 9.59 Å². The molecule has 0 saturated carbocycles. The number of aliphatic carboxylic acids is 1. The second-order valence-corrected chi connectivity index (χ2v) is 5.50. The van der Waals surface area contributed by atoms with Crippen LogP contribution in [0.5, 0.6) is 0 Å². The van der Waals surface area contributed by atoms with E-state index in [1.165, 1.54) is 0 Å². The van der Waals surface area contributed by atoms with E-state index in [1.807, 2.05) is 19.9 Å². The molecule has 0 aromatic heterocycles. The van der Waals surface area contributed by atoms with Crippen LogP contribution in [0.25, 0.3) is 0 Å². The van der Waals surface area contributed by atoms with Crippen molar-refractivity contribution in [3.63, 3.8) is 0 Å². The molecule has 5 heteroatoms. The van der Waals surface area contributed by atoms with Crippen LogP contribution in [0.15, 0.2) is 18.2 Å². The van der Waals surface area contributed by atoms with Gasteiger partial charge in [-0.25, -0.2) is 0 Å². The fourth-order valence-electron chi connectivity index (χ4n) is 2.71. The van der Waals surface area contributed by atoms with Crippen LogP contribution in [0, 0.1) is 12.8 Å². The minimum atomic E-state index is -0.779. The monoisotopic (exact) mass is 276 g/mol. The van der Waals surface area contributed by atoms with Gasteiger partial charge >= 0.3 is 5.97 Å². The summed E-state index contributed by atoms with van der Waals surface area (Å²) < 4.78 is 0. The van der Waals surface area contributed by atoms with Crippen LogP contribution in [0.3, 0.4) is 0 Å². The van der Waals surface area contributed by atoms with Crippen LogP contribution in [0.4, 0.5) is 5.69 Å². The molecule has 1 aromatic rings. The highest BCUT2D eigenvalue weighted by Crippen LogP contribution is 2.26. The Hall–Kier alpha value is -2.04. The van der Waals surface area contributed by atoms with E-state index in [9.17, 15) is 9.59 Å². The highest BCUT2D eigenvalue weighted by atomic mass is 16.4. The largest absolute Gasteiger partial charge is 0.481 e. The van der Waals surface area contributed by atoms with Crippen LogP contribution in [-0.4, -0.2) is 34.5 Å². The van der Waals surface area contributed by atoms with Crippen LogP contribution in [0.2, 0.25) is 0 Å². The molecule has 1 amide bonds. The minimum absolute atomic E-state index is 0.0859. The van der Waals surface area contributed by atoms with Gasteiger partial charge in [0.2, 0.25) is 0 Å². The number of amides is 1. The van der Waals surface area contributed by atoms with E-state index in [0.29, 0.717) is 30.6 Å². The summed E-state index contributed by atoms with van der Waals surface area (Å²) in [5.41, 5.74) is 7.83. The van der Waals surface area contributed by atoms with E-state index in [4.69, 9.17) is 10.8 Å². The standard InChI is InChI=1S/C15H20N2O3/c1-9-3-4-13(16)12(7-9)14(18)17-6-5-11(15(19)20)8-10(17)2/h3-4,7,10-11H,5-6,8,16H2,1-2H3,(H,19,20). The first-order valence-corrected chi connectivity index (χ1v) is 6.80. The third-order valence-corrected chi connectivity index (χ3v) is 3.93. The number of carbonyl (C=O) groups excluding carboxylic acids is 1. The molecular weight excluding hydrogens is 256 g/mol. The smallest absolute Gasteiger partial charge is 0.306 e. The number of carbonyl (C=O) groups is 2. The van der Waals surface area contributed by atoms with E-state index in [2.05, 4.69) is 0 Å². The molecule has 20 heavy (non-hydrogen) atoms. The number of anilines is 1. The van der Waals surface area contributed by atoms with Gasteiger partial charge in [0.15, 0.2) is 0 Å². The molecule has 0 spiro atoms. The summed E-state index contributed by atoms with van der Waals surface area (Å²) in [6, 6.07) is 5.30. The highest BCUT2D eigenvalue weighted by Gasteiger charge is 2.33. The van der Waals surface area contributed by atoms with Gasteiger partial charge in [0.1, 0.15) is 0 Å². The van der Waals surface area contributed by atoms with Gasteiger partial charge in [0.25, 0.3) is 5.91 Å². The van der Waals surface area contributed by atoms with Crippen LogP contribution in [-0.2, 0) is 4.79 Å². The average Bonchev–Trinajstić information content (AvgIpc) is 2.40. The predicted molar refractivity (Wildman–Crippen MR) is 76.4 cm³/mol. The number of carboxylic acid groups (broad SMARTS) is 1. The lowest BCUT2D eigenvalue weighted by Crippen LogP contribution is -2.46. The van der Waals surface area contributed by atoms with Crippen molar-refractivity contribution in [1.29, 1.82) is 0 Å². The van der Waals surface area contributed by atoms with Gasteiger partial charge in [-0.1, -0.05) is 11.6 Å². The summed E-state index contributed by atoms with van der Waals surface area (Å²) in [6.45, 7) is 4.26. The maximum absolute atomic E-state index is 12.6. The van der Waals surface area contributed by atoms with Gasteiger partial charge in [-0.15, -0.1) is 0 Å². The van der Waals surface area contributed by atoms with Crippen LogP contribution >= 0.6 is 0 Å². The topological polar surface area (TPSA) is 83.6 Å². The first kappa shape index (κ1) is 14.4. The fraction of sp³-hybridized carbons (Fsp3) is 0.467. The Morgan fingerprint density at radius 1 is 1.40 bits per heavy atom. The normalized spacial score (nSPS) is 22.6. The lowest BCUT2D eigenvalue weighted by Gasteiger charge is -2.36. The molecule has 3 N–H and O–H groups in total. The van der Waals surface area contributed by atoms with Crippen molar-refractivity contribution in [2.45, 2.75) is 32.7 Å². The molecule has 0 bridgehead atoms. The molecule has 0 radical (unpaired) electrons. The second-order valence-electron chi connectivity index (χ2n) is 5.50. The molecular formula is C15H20N2O3. The Labute approximate surface area is 118 Å². The number of aryl methyl sites for hydroxylation is 1. The van der Waals surface area contributed by atoms with Gasteiger partial charge in [0.05, 0.1) is 11.5 Å². The molecule has 2 rings (SSSR count). The zero-order valence-corrected chi connectivity index (χ0v) is 11.8. The fourth-order valence-corrected chi connectivity index (χ4v) is 2.71. The summed E-state index contributed by atoms with van der Waals surface area (Å²) in [5.74, 6) is -1.24. The number of rotatable bonds is 2. The summed E-state index contributed by atoms with van der Waals surface area (Å²) >= 11 is 0. The van der Waals surface area contributed by atoms with Crippen LogP contribution in [0.1, 0.15) is 35.7 Å². The molecule has 108 valence electrons. The molecule has 1 aromatic carbocycles.